The standard InChI is InChI=1S/C12H20N4O3S2/c1-10(11(17)14-12-13-4-9-20-12)15-5-3-6-16(8-7-15)21(2,18)19/h4,9-10H,3,5-8H2,1-2H3,(H,13,14,17)/t10-/m0/s1. The van der Waals surface area contributed by atoms with E-state index in [-0.39, 0.29) is 11.9 Å². The molecule has 1 aliphatic rings. The van der Waals surface area contributed by atoms with Crippen LogP contribution < -0.4 is 5.32 Å². The Hall–Kier alpha value is -1.03. The largest absolute Gasteiger partial charge is 0.301 e. The van der Waals surface area contributed by atoms with Crippen LogP contribution in [0.4, 0.5) is 5.13 Å². The van der Waals surface area contributed by atoms with Crippen LogP contribution in [0.5, 0.6) is 0 Å². The Morgan fingerprint density at radius 3 is 2.76 bits per heavy atom. The molecule has 0 saturated carbocycles. The molecule has 9 heteroatoms. The quantitative estimate of drug-likeness (QED) is 0.865. The molecular weight excluding hydrogens is 312 g/mol. The maximum absolute atomic E-state index is 12.2. The van der Waals surface area contributed by atoms with E-state index in [1.165, 1.54) is 21.9 Å². The van der Waals surface area contributed by atoms with E-state index < -0.39 is 10.0 Å². The number of carbonyl (C=O) groups excluding carboxylic acids is 1. The lowest BCUT2D eigenvalue weighted by Gasteiger charge is -2.26. The highest BCUT2D eigenvalue weighted by Gasteiger charge is 2.27. The third-order valence-electron chi connectivity index (χ3n) is 3.55. The molecule has 1 aliphatic heterocycles. The van der Waals surface area contributed by atoms with E-state index in [1.807, 2.05) is 11.8 Å². The fourth-order valence-corrected chi connectivity index (χ4v) is 3.70. The third-order valence-corrected chi connectivity index (χ3v) is 5.54. The highest BCUT2D eigenvalue weighted by molar-refractivity contribution is 7.88. The van der Waals surface area contributed by atoms with Crippen molar-refractivity contribution in [1.82, 2.24) is 14.2 Å². The summed E-state index contributed by atoms with van der Waals surface area (Å²) < 4.78 is 24.6. The van der Waals surface area contributed by atoms with E-state index in [4.69, 9.17) is 0 Å². The van der Waals surface area contributed by atoms with Gasteiger partial charge in [0.05, 0.1) is 12.3 Å². The second-order valence-corrected chi connectivity index (χ2v) is 7.93. The maximum Gasteiger partial charge on any atom is 0.243 e. The van der Waals surface area contributed by atoms with Gasteiger partial charge in [0.25, 0.3) is 0 Å². The molecule has 0 unspecified atom stereocenters. The van der Waals surface area contributed by atoms with Crippen molar-refractivity contribution in [1.29, 1.82) is 0 Å². The first kappa shape index (κ1) is 16.3. The van der Waals surface area contributed by atoms with Crippen molar-refractivity contribution >= 4 is 32.4 Å². The molecule has 0 aliphatic carbocycles. The molecular formula is C12H20N4O3S2. The molecule has 0 radical (unpaired) electrons. The summed E-state index contributed by atoms with van der Waals surface area (Å²) in [7, 11) is -3.16. The van der Waals surface area contributed by atoms with E-state index in [0.29, 0.717) is 31.3 Å². The van der Waals surface area contributed by atoms with Gasteiger partial charge in [0, 0.05) is 37.8 Å². The lowest BCUT2D eigenvalue weighted by molar-refractivity contribution is -0.120. The van der Waals surface area contributed by atoms with Crippen molar-refractivity contribution in [2.24, 2.45) is 0 Å². The fraction of sp³-hybridized carbons (Fsp3) is 0.667. The number of aromatic nitrogens is 1. The van der Waals surface area contributed by atoms with Crippen molar-refractivity contribution in [2.45, 2.75) is 19.4 Å². The molecule has 2 heterocycles. The van der Waals surface area contributed by atoms with Gasteiger partial charge in [-0.05, 0) is 13.3 Å². The Balaban J connectivity index is 1.93. The SMILES string of the molecule is C[C@@H](C(=O)Nc1nccs1)N1CCCN(S(C)(=O)=O)CC1. The van der Waals surface area contributed by atoms with Gasteiger partial charge in [-0.3, -0.25) is 9.69 Å². The Morgan fingerprint density at radius 2 is 2.14 bits per heavy atom. The van der Waals surface area contributed by atoms with E-state index in [9.17, 15) is 13.2 Å². The highest BCUT2D eigenvalue weighted by atomic mass is 32.2. The minimum absolute atomic E-state index is 0.113. The summed E-state index contributed by atoms with van der Waals surface area (Å²) in [6, 6.07) is -0.312. The second-order valence-electron chi connectivity index (χ2n) is 5.05. The predicted molar refractivity (Wildman–Crippen MR) is 82.8 cm³/mol. The predicted octanol–water partition coefficient (Wildman–Crippen LogP) is 0.437. The molecule has 1 aromatic heterocycles. The van der Waals surface area contributed by atoms with Gasteiger partial charge in [-0.2, -0.15) is 0 Å². The minimum Gasteiger partial charge on any atom is -0.301 e. The monoisotopic (exact) mass is 332 g/mol. The summed E-state index contributed by atoms with van der Waals surface area (Å²) in [5.74, 6) is -0.113. The van der Waals surface area contributed by atoms with Gasteiger partial charge in [-0.1, -0.05) is 0 Å². The smallest absolute Gasteiger partial charge is 0.243 e. The van der Waals surface area contributed by atoms with Crippen LogP contribution in [0.3, 0.4) is 0 Å². The molecule has 1 N–H and O–H groups in total. The first-order valence-electron chi connectivity index (χ1n) is 6.77. The molecule has 1 saturated heterocycles. The Bertz CT molecular complexity index is 573. The summed E-state index contributed by atoms with van der Waals surface area (Å²) in [6.45, 7) is 4.03. The van der Waals surface area contributed by atoms with Gasteiger partial charge in [0.1, 0.15) is 0 Å². The number of nitrogens with zero attached hydrogens (tertiary/aromatic N) is 3. The number of thiazole rings is 1. The molecule has 1 aromatic rings. The molecule has 0 aromatic carbocycles. The minimum atomic E-state index is -3.16. The van der Waals surface area contributed by atoms with E-state index in [1.54, 1.807) is 11.6 Å². The summed E-state index contributed by atoms with van der Waals surface area (Å²) in [5, 5.41) is 5.16. The molecule has 1 atom stereocenters. The van der Waals surface area contributed by atoms with Gasteiger partial charge in [-0.15, -0.1) is 11.3 Å². The second kappa shape index (κ2) is 6.82. The zero-order chi connectivity index (χ0) is 15.5. The van der Waals surface area contributed by atoms with Gasteiger partial charge in [0.15, 0.2) is 5.13 Å². The summed E-state index contributed by atoms with van der Waals surface area (Å²) in [6.07, 6.45) is 3.59. The molecule has 1 fully saturated rings. The first-order valence-corrected chi connectivity index (χ1v) is 9.50. The number of rotatable bonds is 4. The van der Waals surface area contributed by atoms with Gasteiger partial charge >= 0.3 is 0 Å². The van der Waals surface area contributed by atoms with Crippen molar-refractivity contribution in [3.63, 3.8) is 0 Å². The molecule has 21 heavy (non-hydrogen) atoms. The number of hydrogen-bond acceptors (Lipinski definition) is 6. The number of sulfonamides is 1. The number of carbonyl (C=O) groups is 1. The van der Waals surface area contributed by atoms with Crippen molar-refractivity contribution in [2.75, 3.05) is 37.8 Å². The van der Waals surface area contributed by atoms with Crippen LogP contribution in [-0.4, -0.2) is 67.0 Å². The van der Waals surface area contributed by atoms with Crippen molar-refractivity contribution < 1.29 is 13.2 Å². The normalized spacial score (nSPS) is 19.9. The number of nitrogens with one attached hydrogen (secondary N) is 1. The number of amides is 1. The zero-order valence-electron chi connectivity index (χ0n) is 12.2. The maximum atomic E-state index is 12.2. The Labute approximate surface area is 129 Å². The lowest BCUT2D eigenvalue weighted by atomic mass is 10.2. The molecule has 118 valence electrons. The summed E-state index contributed by atoms with van der Waals surface area (Å²) in [5.41, 5.74) is 0. The first-order chi connectivity index (χ1) is 9.88. The number of anilines is 1. The van der Waals surface area contributed by atoms with E-state index in [0.717, 1.165) is 6.42 Å². The lowest BCUT2D eigenvalue weighted by Crippen LogP contribution is -2.44. The molecule has 1 amide bonds. The summed E-state index contributed by atoms with van der Waals surface area (Å²) in [4.78, 5) is 18.2. The Kier molecular flexibility index (Phi) is 5.31. The molecule has 0 bridgehead atoms. The third kappa shape index (κ3) is 4.47. The van der Waals surface area contributed by atoms with Crippen molar-refractivity contribution in [3.05, 3.63) is 11.6 Å². The number of hydrogen-bond donors (Lipinski definition) is 1. The molecule has 7 nitrogen and oxygen atoms in total. The average molecular weight is 332 g/mol. The summed E-state index contributed by atoms with van der Waals surface area (Å²) >= 11 is 1.37. The molecule has 2 rings (SSSR count). The van der Waals surface area contributed by atoms with Crippen LogP contribution in [0.15, 0.2) is 11.6 Å². The topological polar surface area (TPSA) is 82.6 Å². The van der Waals surface area contributed by atoms with E-state index >= 15 is 0 Å². The van der Waals surface area contributed by atoms with Crippen LogP contribution in [0.1, 0.15) is 13.3 Å². The van der Waals surface area contributed by atoms with Gasteiger partial charge in [-0.25, -0.2) is 17.7 Å². The van der Waals surface area contributed by atoms with Crippen LogP contribution in [0.25, 0.3) is 0 Å². The van der Waals surface area contributed by atoms with Crippen LogP contribution in [-0.2, 0) is 14.8 Å². The van der Waals surface area contributed by atoms with Gasteiger partial charge < -0.3 is 5.32 Å². The molecule has 0 spiro atoms. The highest BCUT2D eigenvalue weighted by Crippen LogP contribution is 2.14. The average Bonchev–Trinajstić information content (AvgIpc) is 2.77. The van der Waals surface area contributed by atoms with Crippen LogP contribution >= 0.6 is 11.3 Å². The van der Waals surface area contributed by atoms with E-state index in [2.05, 4.69) is 10.3 Å². The fourth-order valence-electron chi connectivity index (χ4n) is 2.29. The zero-order valence-corrected chi connectivity index (χ0v) is 13.8. The van der Waals surface area contributed by atoms with Crippen LogP contribution in [0.2, 0.25) is 0 Å². The van der Waals surface area contributed by atoms with Gasteiger partial charge in [0.2, 0.25) is 15.9 Å². The Morgan fingerprint density at radius 1 is 1.38 bits per heavy atom. The van der Waals surface area contributed by atoms with Crippen molar-refractivity contribution in [3.8, 4) is 0 Å². The van der Waals surface area contributed by atoms with Crippen LogP contribution in [0, 0.1) is 0 Å².